The quantitative estimate of drug-likeness (QED) is 0.376. The third-order valence-corrected chi connectivity index (χ3v) is 6.79. The number of halogens is 1. The van der Waals surface area contributed by atoms with Crippen molar-refractivity contribution in [2.24, 2.45) is 0 Å². The lowest BCUT2D eigenvalue weighted by molar-refractivity contribution is -0.940. The van der Waals surface area contributed by atoms with Crippen molar-refractivity contribution in [3.63, 3.8) is 0 Å². The standard InChI is InChI=1S/C28H35FN2O5/c1-4-24(27(33)30-26-20(3)16-22(29)17-23(26)28(34)35-5-2)31(14-10-7-11-15-31)18-25(32)36-19-21-12-8-6-9-13-21/h6,8-9,12-13,16-17,24H,4-5,7,10-11,14-15,18-19H2,1-3H3/p+1. The molecule has 0 bridgehead atoms. The van der Waals surface area contributed by atoms with Gasteiger partial charge in [-0.2, -0.15) is 0 Å². The van der Waals surface area contributed by atoms with E-state index >= 15 is 0 Å². The van der Waals surface area contributed by atoms with Crippen LogP contribution in [0.2, 0.25) is 0 Å². The highest BCUT2D eigenvalue weighted by Crippen LogP contribution is 2.29. The molecule has 1 saturated heterocycles. The lowest BCUT2D eigenvalue weighted by Gasteiger charge is -2.45. The van der Waals surface area contributed by atoms with E-state index in [2.05, 4.69) is 5.32 Å². The molecule has 0 radical (unpaired) electrons. The van der Waals surface area contributed by atoms with Crippen LogP contribution in [0.15, 0.2) is 42.5 Å². The smallest absolute Gasteiger partial charge is 0.362 e. The highest BCUT2D eigenvalue weighted by atomic mass is 19.1. The van der Waals surface area contributed by atoms with Crippen molar-refractivity contribution in [2.45, 2.75) is 59.1 Å². The molecule has 2 aromatic rings. The van der Waals surface area contributed by atoms with Crippen molar-refractivity contribution < 1.29 is 32.7 Å². The van der Waals surface area contributed by atoms with Gasteiger partial charge in [-0.15, -0.1) is 0 Å². The molecule has 0 spiro atoms. The Hall–Kier alpha value is -3.26. The van der Waals surface area contributed by atoms with Crippen molar-refractivity contribution >= 4 is 23.5 Å². The number of hydrogen-bond acceptors (Lipinski definition) is 5. The van der Waals surface area contributed by atoms with Gasteiger partial charge in [-0.3, -0.25) is 4.79 Å². The van der Waals surface area contributed by atoms with Crippen molar-refractivity contribution in [2.75, 3.05) is 31.6 Å². The zero-order valence-electron chi connectivity index (χ0n) is 21.3. The summed E-state index contributed by atoms with van der Waals surface area (Å²) in [6, 6.07) is 11.3. The number of hydrogen-bond donors (Lipinski definition) is 1. The van der Waals surface area contributed by atoms with Gasteiger partial charge in [0.25, 0.3) is 5.91 Å². The minimum absolute atomic E-state index is 0.0231. The van der Waals surface area contributed by atoms with Crippen LogP contribution in [0.1, 0.15) is 61.0 Å². The summed E-state index contributed by atoms with van der Waals surface area (Å²) in [6.07, 6.45) is 3.34. The number of quaternary nitrogens is 1. The monoisotopic (exact) mass is 499 g/mol. The van der Waals surface area contributed by atoms with E-state index in [1.54, 1.807) is 13.8 Å². The summed E-state index contributed by atoms with van der Waals surface area (Å²) in [5, 5.41) is 2.88. The SMILES string of the molecule is CCOC(=O)c1cc(F)cc(C)c1NC(=O)C(CC)[N+]1(CC(=O)OCc2ccccc2)CCCCC1. The molecule has 1 N–H and O–H groups in total. The number of nitrogens with one attached hydrogen (secondary N) is 1. The Kier molecular flexibility index (Phi) is 9.58. The van der Waals surface area contributed by atoms with Crippen LogP contribution in [0.3, 0.4) is 0 Å². The number of rotatable bonds is 10. The van der Waals surface area contributed by atoms with E-state index in [0.29, 0.717) is 29.6 Å². The van der Waals surface area contributed by atoms with Gasteiger partial charge in [0.15, 0.2) is 12.6 Å². The van der Waals surface area contributed by atoms with E-state index in [0.717, 1.165) is 30.9 Å². The van der Waals surface area contributed by atoms with Crippen LogP contribution in [0.5, 0.6) is 0 Å². The number of amides is 1. The molecule has 8 heteroatoms. The first-order chi connectivity index (χ1) is 17.3. The second-order valence-corrected chi connectivity index (χ2v) is 9.31. The summed E-state index contributed by atoms with van der Waals surface area (Å²) >= 11 is 0. The largest absolute Gasteiger partial charge is 0.462 e. The van der Waals surface area contributed by atoms with Gasteiger partial charge in [0.1, 0.15) is 12.4 Å². The number of aryl methyl sites for hydroxylation is 1. The average molecular weight is 500 g/mol. The van der Waals surface area contributed by atoms with Crippen LogP contribution in [0.25, 0.3) is 0 Å². The highest BCUT2D eigenvalue weighted by molar-refractivity contribution is 6.03. The first kappa shape index (κ1) is 27.3. The number of likely N-dealkylation sites (tertiary alicyclic amines) is 1. The molecule has 0 aliphatic carbocycles. The molecule has 1 unspecified atom stereocenters. The van der Waals surface area contributed by atoms with Gasteiger partial charge >= 0.3 is 11.9 Å². The van der Waals surface area contributed by atoms with Gasteiger partial charge in [0.2, 0.25) is 0 Å². The maximum absolute atomic E-state index is 14.1. The van der Waals surface area contributed by atoms with E-state index in [-0.39, 0.29) is 42.9 Å². The maximum atomic E-state index is 14.1. The number of piperidine rings is 1. The van der Waals surface area contributed by atoms with Crippen LogP contribution >= 0.6 is 0 Å². The number of ether oxygens (including phenoxy) is 2. The van der Waals surface area contributed by atoms with Crippen LogP contribution in [-0.4, -0.2) is 54.6 Å². The van der Waals surface area contributed by atoms with Crippen molar-refractivity contribution in [1.82, 2.24) is 0 Å². The number of carbonyl (C=O) groups is 3. The average Bonchev–Trinajstić information content (AvgIpc) is 2.86. The lowest BCUT2D eigenvalue weighted by atomic mass is 9.99. The molecule has 7 nitrogen and oxygen atoms in total. The summed E-state index contributed by atoms with van der Waals surface area (Å²) < 4.78 is 25.0. The Balaban J connectivity index is 1.82. The Labute approximate surface area is 212 Å². The lowest BCUT2D eigenvalue weighted by Crippen LogP contribution is -2.63. The number of esters is 2. The summed E-state index contributed by atoms with van der Waals surface area (Å²) in [6.45, 7) is 6.97. The van der Waals surface area contributed by atoms with E-state index < -0.39 is 17.8 Å². The van der Waals surface area contributed by atoms with Crippen LogP contribution < -0.4 is 5.32 Å². The fraction of sp³-hybridized carbons (Fsp3) is 0.464. The van der Waals surface area contributed by atoms with E-state index in [4.69, 9.17) is 9.47 Å². The molecule has 1 aliphatic heterocycles. The predicted octanol–water partition coefficient (Wildman–Crippen LogP) is 4.77. The molecule has 0 aromatic heterocycles. The van der Waals surface area contributed by atoms with Gasteiger partial charge in [-0.05, 0) is 56.4 Å². The molecule has 0 saturated carbocycles. The van der Waals surface area contributed by atoms with Crippen molar-refractivity contribution in [3.8, 4) is 0 Å². The fourth-order valence-corrected chi connectivity index (χ4v) is 5.07. The first-order valence-corrected chi connectivity index (χ1v) is 12.6. The number of anilines is 1. The second-order valence-electron chi connectivity index (χ2n) is 9.31. The van der Waals surface area contributed by atoms with E-state index in [1.165, 1.54) is 6.07 Å². The summed E-state index contributed by atoms with van der Waals surface area (Å²) in [5.41, 5.74) is 1.54. The minimum Gasteiger partial charge on any atom is -0.462 e. The number of benzene rings is 2. The van der Waals surface area contributed by atoms with Gasteiger partial charge < -0.3 is 19.3 Å². The molecule has 1 aliphatic rings. The van der Waals surface area contributed by atoms with Crippen LogP contribution in [-0.2, 0) is 25.7 Å². The normalized spacial score (nSPS) is 15.6. The molecule has 3 rings (SSSR count). The molecule has 2 aromatic carbocycles. The Bertz CT molecular complexity index is 1070. The van der Waals surface area contributed by atoms with Crippen molar-refractivity contribution in [3.05, 3.63) is 65.0 Å². The first-order valence-electron chi connectivity index (χ1n) is 12.6. The second kappa shape index (κ2) is 12.6. The number of carbonyl (C=O) groups excluding carboxylic acids is 3. The topological polar surface area (TPSA) is 81.7 Å². The third kappa shape index (κ3) is 6.69. The predicted molar refractivity (Wildman–Crippen MR) is 135 cm³/mol. The molecule has 1 fully saturated rings. The Morgan fingerprint density at radius 2 is 1.72 bits per heavy atom. The van der Waals surface area contributed by atoms with Gasteiger partial charge in [0, 0.05) is 6.42 Å². The minimum atomic E-state index is -0.699. The van der Waals surface area contributed by atoms with Crippen LogP contribution in [0, 0.1) is 12.7 Å². The Morgan fingerprint density at radius 3 is 2.36 bits per heavy atom. The van der Waals surface area contributed by atoms with Gasteiger partial charge in [-0.25, -0.2) is 14.0 Å². The zero-order valence-corrected chi connectivity index (χ0v) is 21.3. The summed E-state index contributed by atoms with van der Waals surface area (Å²) in [7, 11) is 0. The van der Waals surface area contributed by atoms with E-state index in [9.17, 15) is 18.8 Å². The molecule has 1 atom stereocenters. The van der Waals surface area contributed by atoms with Gasteiger partial charge in [0.05, 0.1) is 30.9 Å². The van der Waals surface area contributed by atoms with Gasteiger partial charge in [-0.1, -0.05) is 37.3 Å². The molecule has 194 valence electrons. The molecule has 36 heavy (non-hydrogen) atoms. The highest BCUT2D eigenvalue weighted by Gasteiger charge is 2.44. The van der Waals surface area contributed by atoms with Crippen molar-refractivity contribution in [1.29, 1.82) is 0 Å². The number of nitrogens with zero attached hydrogens (tertiary/aromatic N) is 1. The maximum Gasteiger partial charge on any atom is 0.362 e. The fourth-order valence-electron chi connectivity index (χ4n) is 5.07. The third-order valence-electron chi connectivity index (χ3n) is 6.79. The van der Waals surface area contributed by atoms with E-state index in [1.807, 2.05) is 37.3 Å². The molecular formula is C28H36FN2O5+. The summed E-state index contributed by atoms with van der Waals surface area (Å²) in [5.74, 6) is -1.94. The molecular weight excluding hydrogens is 463 g/mol. The Morgan fingerprint density at radius 1 is 1.03 bits per heavy atom. The van der Waals surface area contributed by atoms with Crippen LogP contribution in [0.4, 0.5) is 10.1 Å². The zero-order chi connectivity index (χ0) is 26.1. The molecule has 1 heterocycles. The summed E-state index contributed by atoms with van der Waals surface area (Å²) in [4.78, 5) is 39.1. The molecule has 1 amide bonds.